The summed E-state index contributed by atoms with van der Waals surface area (Å²) in [5.41, 5.74) is 0. The number of nitrogens with zero attached hydrogens (tertiary/aromatic N) is 1. The molecule has 2 atom stereocenters. The van der Waals surface area contributed by atoms with Gasteiger partial charge in [0.2, 0.25) is 0 Å². The van der Waals surface area contributed by atoms with Crippen molar-refractivity contribution >= 4 is 0 Å². The minimum atomic E-state index is -0.929. The molecule has 0 fully saturated rings. The van der Waals surface area contributed by atoms with Gasteiger partial charge in [-0.15, -0.1) is 13.2 Å². The van der Waals surface area contributed by atoms with E-state index in [1.165, 1.54) is 6.08 Å². The number of ether oxygens (including phenoxy) is 1. The third-order valence-electron chi connectivity index (χ3n) is 1.78. The van der Waals surface area contributed by atoms with Crippen LogP contribution in [-0.4, -0.2) is 35.6 Å². The van der Waals surface area contributed by atoms with Crippen LogP contribution in [-0.2, 0) is 4.74 Å². The van der Waals surface area contributed by atoms with Crippen LogP contribution in [0.5, 0.6) is 0 Å². The second kappa shape index (κ2) is 7.50. The topological polar surface area (TPSA) is 32.7 Å². The van der Waals surface area contributed by atoms with Gasteiger partial charge in [0.1, 0.15) is 6.23 Å². The minimum Gasteiger partial charge on any atom is -0.365 e. The maximum atomic E-state index is 9.20. The summed E-state index contributed by atoms with van der Waals surface area (Å²) in [5, 5.41) is 9.20. The normalized spacial score (nSPS) is 14.8. The fourth-order valence-electron chi connectivity index (χ4n) is 1.05. The number of aliphatic hydroxyl groups is 1. The molecular weight excluding hydrogens is 178 g/mol. The number of aliphatic hydroxyl groups excluding tert-OH is 1. The molecule has 0 radical (unpaired) electrons. The summed E-state index contributed by atoms with van der Waals surface area (Å²) < 4.78 is 5.23. The van der Waals surface area contributed by atoms with Crippen molar-refractivity contribution in [3.8, 4) is 0 Å². The molecule has 0 heterocycles. The SMILES string of the molecule is C=CCN(CC=C)C(C)OC(O)C=C. The van der Waals surface area contributed by atoms with Crippen molar-refractivity contribution in [2.75, 3.05) is 13.1 Å². The zero-order chi connectivity index (χ0) is 11.0. The van der Waals surface area contributed by atoms with Crippen molar-refractivity contribution in [3.63, 3.8) is 0 Å². The molecule has 0 rings (SSSR count). The lowest BCUT2D eigenvalue weighted by molar-refractivity contribution is -0.146. The van der Waals surface area contributed by atoms with E-state index in [9.17, 15) is 5.11 Å². The van der Waals surface area contributed by atoms with Gasteiger partial charge in [-0.2, -0.15) is 0 Å². The maximum Gasteiger partial charge on any atom is 0.175 e. The van der Waals surface area contributed by atoms with Gasteiger partial charge in [-0.25, -0.2) is 0 Å². The molecule has 80 valence electrons. The second-order valence-corrected chi connectivity index (χ2v) is 2.89. The molecule has 0 saturated heterocycles. The third-order valence-corrected chi connectivity index (χ3v) is 1.78. The first kappa shape index (κ1) is 13.1. The van der Waals surface area contributed by atoms with E-state index in [1.54, 1.807) is 12.2 Å². The number of hydrogen-bond acceptors (Lipinski definition) is 3. The summed E-state index contributed by atoms with van der Waals surface area (Å²) in [4.78, 5) is 1.98. The standard InChI is InChI=1S/C11H19NO2/c1-5-8-12(9-6-2)10(4)14-11(13)7-3/h5-7,10-11,13H,1-3,8-9H2,4H3. The Hall–Kier alpha value is -0.900. The molecule has 0 aliphatic rings. The van der Waals surface area contributed by atoms with Crippen LogP contribution in [0.3, 0.4) is 0 Å². The van der Waals surface area contributed by atoms with Crippen LogP contribution >= 0.6 is 0 Å². The summed E-state index contributed by atoms with van der Waals surface area (Å²) in [7, 11) is 0. The van der Waals surface area contributed by atoms with E-state index in [0.29, 0.717) is 13.1 Å². The van der Waals surface area contributed by atoms with E-state index in [1.807, 2.05) is 11.8 Å². The first-order valence-corrected chi connectivity index (χ1v) is 4.57. The van der Waals surface area contributed by atoms with E-state index in [4.69, 9.17) is 4.74 Å². The number of hydrogen-bond donors (Lipinski definition) is 1. The molecule has 1 N–H and O–H groups in total. The third kappa shape index (κ3) is 4.97. The van der Waals surface area contributed by atoms with Crippen molar-refractivity contribution in [1.29, 1.82) is 0 Å². The highest BCUT2D eigenvalue weighted by atomic mass is 16.6. The van der Waals surface area contributed by atoms with Gasteiger partial charge in [-0.1, -0.05) is 18.7 Å². The van der Waals surface area contributed by atoms with Crippen molar-refractivity contribution in [2.24, 2.45) is 0 Å². The van der Waals surface area contributed by atoms with Gasteiger partial charge < -0.3 is 9.84 Å². The average Bonchev–Trinajstić information content (AvgIpc) is 2.17. The van der Waals surface area contributed by atoms with E-state index in [-0.39, 0.29) is 6.23 Å². The molecule has 0 aliphatic carbocycles. The summed E-state index contributed by atoms with van der Waals surface area (Å²) in [6, 6.07) is 0. The molecule has 2 unspecified atom stereocenters. The number of rotatable bonds is 8. The Labute approximate surface area is 86.0 Å². The molecule has 0 aromatic rings. The van der Waals surface area contributed by atoms with Crippen LogP contribution in [0.2, 0.25) is 0 Å². The Morgan fingerprint density at radius 1 is 1.29 bits per heavy atom. The molecule has 3 nitrogen and oxygen atoms in total. The quantitative estimate of drug-likeness (QED) is 0.473. The summed E-state index contributed by atoms with van der Waals surface area (Å²) in [5.74, 6) is 0. The van der Waals surface area contributed by atoms with Gasteiger partial charge in [0.15, 0.2) is 6.29 Å². The highest BCUT2D eigenvalue weighted by Crippen LogP contribution is 2.04. The van der Waals surface area contributed by atoms with Crippen molar-refractivity contribution in [2.45, 2.75) is 19.4 Å². The van der Waals surface area contributed by atoms with Gasteiger partial charge in [-0.3, -0.25) is 4.90 Å². The molecule has 0 spiro atoms. The van der Waals surface area contributed by atoms with Crippen LogP contribution < -0.4 is 0 Å². The molecule has 0 aromatic heterocycles. The second-order valence-electron chi connectivity index (χ2n) is 2.89. The zero-order valence-corrected chi connectivity index (χ0v) is 8.72. The lowest BCUT2D eigenvalue weighted by atomic mass is 10.4. The van der Waals surface area contributed by atoms with Crippen LogP contribution in [0.1, 0.15) is 6.92 Å². The Bertz CT molecular complexity index is 182. The van der Waals surface area contributed by atoms with Crippen LogP contribution in [0, 0.1) is 0 Å². The van der Waals surface area contributed by atoms with Gasteiger partial charge in [-0.05, 0) is 13.0 Å². The molecular formula is C11H19NO2. The Morgan fingerprint density at radius 2 is 1.79 bits per heavy atom. The highest BCUT2D eigenvalue weighted by Gasteiger charge is 2.13. The summed E-state index contributed by atoms with van der Waals surface area (Å²) in [6.45, 7) is 14.0. The molecule has 14 heavy (non-hydrogen) atoms. The zero-order valence-electron chi connectivity index (χ0n) is 8.72. The fourth-order valence-corrected chi connectivity index (χ4v) is 1.05. The monoisotopic (exact) mass is 197 g/mol. The van der Waals surface area contributed by atoms with Crippen LogP contribution in [0.15, 0.2) is 38.0 Å². The first-order chi connectivity index (χ1) is 6.65. The smallest absolute Gasteiger partial charge is 0.175 e. The Morgan fingerprint density at radius 3 is 2.14 bits per heavy atom. The van der Waals surface area contributed by atoms with Crippen molar-refractivity contribution < 1.29 is 9.84 Å². The molecule has 0 aromatic carbocycles. The van der Waals surface area contributed by atoms with Gasteiger partial charge in [0.25, 0.3) is 0 Å². The largest absolute Gasteiger partial charge is 0.365 e. The maximum absolute atomic E-state index is 9.20. The van der Waals surface area contributed by atoms with E-state index in [0.717, 1.165) is 0 Å². The lowest BCUT2D eigenvalue weighted by Crippen LogP contribution is -2.37. The molecule has 0 aliphatic heterocycles. The summed E-state index contributed by atoms with van der Waals surface area (Å²) in [6.07, 6.45) is 3.78. The lowest BCUT2D eigenvalue weighted by Gasteiger charge is -2.27. The summed E-state index contributed by atoms with van der Waals surface area (Å²) >= 11 is 0. The Kier molecular flexibility index (Phi) is 7.02. The fraction of sp³-hybridized carbons (Fsp3) is 0.455. The van der Waals surface area contributed by atoms with Crippen molar-refractivity contribution in [3.05, 3.63) is 38.0 Å². The van der Waals surface area contributed by atoms with Crippen LogP contribution in [0.25, 0.3) is 0 Å². The van der Waals surface area contributed by atoms with Crippen LogP contribution in [0.4, 0.5) is 0 Å². The molecule has 3 heteroatoms. The molecule has 0 amide bonds. The predicted molar refractivity (Wildman–Crippen MR) is 58.7 cm³/mol. The van der Waals surface area contributed by atoms with Gasteiger partial charge in [0.05, 0.1) is 0 Å². The first-order valence-electron chi connectivity index (χ1n) is 4.57. The highest BCUT2D eigenvalue weighted by molar-refractivity contribution is 4.81. The minimum absolute atomic E-state index is 0.195. The van der Waals surface area contributed by atoms with Gasteiger partial charge >= 0.3 is 0 Å². The van der Waals surface area contributed by atoms with Crippen molar-refractivity contribution in [1.82, 2.24) is 4.90 Å². The van der Waals surface area contributed by atoms with Gasteiger partial charge in [0, 0.05) is 13.1 Å². The average molecular weight is 197 g/mol. The van der Waals surface area contributed by atoms with E-state index >= 15 is 0 Å². The van der Waals surface area contributed by atoms with E-state index < -0.39 is 6.29 Å². The Balaban J connectivity index is 4.11. The predicted octanol–water partition coefficient (Wildman–Crippen LogP) is 1.53. The van der Waals surface area contributed by atoms with E-state index in [2.05, 4.69) is 19.7 Å². The molecule has 0 saturated carbocycles. The molecule has 0 bridgehead atoms.